The van der Waals surface area contributed by atoms with Crippen molar-refractivity contribution in [3.05, 3.63) is 0 Å². The smallest absolute Gasteiger partial charge is 0.198 e. The summed E-state index contributed by atoms with van der Waals surface area (Å²) in [5.41, 5.74) is 5.13. The van der Waals surface area contributed by atoms with E-state index in [1.54, 1.807) is 12.0 Å². The predicted molar refractivity (Wildman–Crippen MR) is 63.7 cm³/mol. The molecule has 0 aromatic carbocycles. The van der Waals surface area contributed by atoms with Gasteiger partial charge in [-0.05, 0) is 13.8 Å². The van der Waals surface area contributed by atoms with Gasteiger partial charge in [0.1, 0.15) is 0 Å². The highest BCUT2D eigenvalue weighted by Crippen LogP contribution is 1.98. The van der Waals surface area contributed by atoms with Crippen LogP contribution < -0.4 is 11.1 Å². The van der Waals surface area contributed by atoms with Crippen LogP contribution in [0.25, 0.3) is 0 Å². The molecule has 15 heavy (non-hydrogen) atoms. The van der Waals surface area contributed by atoms with Crippen molar-refractivity contribution < 1.29 is 4.74 Å². The Bertz CT molecular complexity index is 211. The van der Waals surface area contributed by atoms with E-state index in [1.165, 1.54) is 0 Å². The average Bonchev–Trinajstić information content (AvgIpc) is 2.04. The van der Waals surface area contributed by atoms with E-state index in [-0.39, 0.29) is 30.4 Å². The topological polar surface area (TPSA) is 98.2 Å². The summed E-state index contributed by atoms with van der Waals surface area (Å²) in [5.74, 6) is -0.0948. The Morgan fingerprint density at radius 3 is 2.40 bits per heavy atom. The molecule has 0 aliphatic carbocycles. The Morgan fingerprint density at radius 2 is 2.07 bits per heavy atom. The maximum absolute atomic E-state index is 7.62. The molecule has 5 N–H and O–H groups in total. The van der Waals surface area contributed by atoms with Crippen molar-refractivity contribution in [1.29, 1.82) is 10.8 Å². The number of nitrogens with zero attached hydrogens (tertiary/aromatic N) is 1. The monoisotopic (exact) mass is 237 g/mol. The first kappa shape index (κ1) is 16.4. The lowest BCUT2D eigenvalue weighted by molar-refractivity contribution is 0.136. The predicted octanol–water partition coefficient (Wildman–Crippen LogP) is 0.183. The lowest BCUT2D eigenvalue weighted by atomic mass is 10.3. The molecular weight excluding hydrogens is 218 g/mol. The number of hydrogen-bond acceptors (Lipinski definition) is 3. The minimum absolute atomic E-state index is 0. The summed E-state index contributed by atoms with van der Waals surface area (Å²) in [6.45, 7) is 5.09. The number of halogens is 1. The molecule has 0 radical (unpaired) electrons. The molecule has 0 heterocycles. The van der Waals surface area contributed by atoms with Crippen molar-refractivity contribution in [1.82, 2.24) is 10.2 Å². The summed E-state index contributed by atoms with van der Waals surface area (Å²) >= 11 is 0. The second-order valence-corrected chi connectivity index (χ2v) is 2.98. The molecule has 1 atom stereocenters. The van der Waals surface area contributed by atoms with Gasteiger partial charge in [-0.1, -0.05) is 0 Å². The summed E-state index contributed by atoms with van der Waals surface area (Å²) in [4.78, 5) is 1.77. The van der Waals surface area contributed by atoms with E-state index in [2.05, 4.69) is 5.32 Å². The third kappa shape index (κ3) is 6.14. The first-order valence-corrected chi connectivity index (χ1v) is 4.48. The zero-order valence-corrected chi connectivity index (χ0v) is 10.1. The van der Waals surface area contributed by atoms with Gasteiger partial charge in [-0.2, -0.15) is 0 Å². The van der Waals surface area contributed by atoms with Crippen LogP contribution >= 0.6 is 12.4 Å². The van der Waals surface area contributed by atoms with Crippen LogP contribution in [-0.4, -0.2) is 43.1 Å². The lowest BCUT2D eigenvalue weighted by Gasteiger charge is -2.29. The van der Waals surface area contributed by atoms with Gasteiger partial charge >= 0.3 is 0 Å². The molecule has 0 saturated heterocycles. The minimum atomic E-state index is -0.224. The molecular formula is C8H20ClN5O. The Labute approximate surface area is 96.6 Å². The third-order valence-electron chi connectivity index (χ3n) is 1.82. The van der Waals surface area contributed by atoms with Crippen molar-refractivity contribution in [3.63, 3.8) is 0 Å². The van der Waals surface area contributed by atoms with Gasteiger partial charge in [0, 0.05) is 13.7 Å². The summed E-state index contributed by atoms with van der Waals surface area (Å²) in [5, 5.41) is 17.1. The van der Waals surface area contributed by atoms with Crippen molar-refractivity contribution in [2.45, 2.75) is 19.9 Å². The van der Waals surface area contributed by atoms with Crippen molar-refractivity contribution in [2.24, 2.45) is 5.73 Å². The molecule has 0 bridgehead atoms. The normalized spacial score (nSPS) is 11.1. The van der Waals surface area contributed by atoms with Gasteiger partial charge in [-0.25, -0.2) is 0 Å². The van der Waals surface area contributed by atoms with E-state index in [0.717, 1.165) is 0 Å². The molecule has 1 unspecified atom stereocenters. The van der Waals surface area contributed by atoms with Crippen molar-refractivity contribution in [2.75, 3.05) is 20.3 Å². The van der Waals surface area contributed by atoms with Crippen LogP contribution in [0.5, 0.6) is 0 Å². The summed E-state index contributed by atoms with van der Waals surface area (Å²) in [6, 6.07) is 0.0874. The van der Waals surface area contributed by atoms with Crippen LogP contribution in [-0.2, 0) is 4.74 Å². The molecule has 6 nitrogen and oxygen atoms in total. The number of guanidine groups is 2. The zero-order chi connectivity index (χ0) is 11.1. The quantitative estimate of drug-likeness (QED) is 0.414. The van der Waals surface area contributed by atoms with Gasteiger partial charge < -0.3 is 15.4 Å². The van der Waals surface area contributed by atoms with Gasteiger partial charge in [0.25, 0.3) is 0 Å². The van der Waals surface area contributed by atoms with E-state index in [4.69, 9.17) is 21.3 Å². The molecule has 0 amide bonds. The van der Waals surface area contributed by atoms with Crippen LogP contribution in [0.3, 0.4) is 0 Å². The molecule has 0 aromatic rings. The third-order valence-corrected chi connectivity index (χ3v) is 1.82. The molecule has 0 fully saturated rings. The van der Waals surface area contributed by atoms with E-state index >= 15 is 0 Å². The number of methoxy groups -OCH3 is 1. The number of hydrogen-bond donors (Lipinski definition) is 4. The Balaban J connectivity index is 0. The molecule has 0 saturated carbocycles. The van der Waals surface area contributed by atoms with Gasteiger partial charge in [0.15, 0.2) is 11.9 Å². The molecule has 0 rings (SSSR count). The van der Waals surface area contributed by atoms with Crippen LogP contribution in [0.4, 0.5) is 0 Å². The maximum Gasteiger partial charge on any atom is 0.198 e. The number of rotatable bonds is 4. The van der Waals surface area contributed by atoms with Crippen LogP contribution in [0.2, 0.25) is 0 Å². The molecule has 0 aliphatic rings. The van der Waals surface area contributed by atoms with Gasteiger partial charge in [-0.3, -0.25) is 16.1 Å². The lowest BCUT2D eigenvalue weighted by Crippen LogP contribution is -2.50. The van der Waals surface area contributed by atoms with Crippen LogP contribution in [0.15, 0.2) is 0 Å². The second-order valence-electron chi connectivity index (χ2n) is 2.98. The Morgan fingerprint density at radius 1 is 1.53 bits per heavy atom. The summed E-state index contributed by atoms with van der Waals surface area (Å²) < 4.78 is 4.99. The number of nitrogens with one attached hydrogen (secondary N) is 3. The highest BCUT2D eigenvalue weighted by atomic mass is 35.5. The van der Waals surface area contributed by atoms with Crippen molar-refractivity contribution in [3.8, 4) is 0 Å². The Kier molecular flexibility index (Phi) is 9.10. The molecule has 0 aliphatic heterocycles. The number of nitrogens with two attached hydrogens (primary N) is 1. The largest absolute Gasteiger partial charge is 0.383 e. The molecule has 0 aromatic heterocycles. The SMILES string of the molecule is CCN(C(=N)NC(=N)N)C(C)COC.Cl. The van der Waals surface area contributed by atoms with Gasteiger partial charge in [0.2, 0.25) is 0 Å². The molecule has 0 spiro atoms. The number of likely N-dealkylation sites (N-methyl/N-ethyl adjacent to an activating group) is 1. The summed E-state index contributed by atoms with van der Waals surface area (Å²) in [7, 11) is 1.62. The van der Waals surface area contributed by atoms with Gasteiger partial charge in [0.05, 0.1) is 12.6 Å². The fraction of sp³-hybridized carbons (Fsp3) is 0.750. The van der Waals surface area contributed by atoms with Crippen LogP contribution in [0, 0.1) is 10.8 Å². The van der Waals surface area contributed by atoms with E-state index in [0.29, 0.717) is 13.2 Å². The van der Waals surface area contributed by atoms with E-state index < -0.39 is 0 Å². The first-order chi connectivity index (χ1) is 6.52. The van der Waals surface area contributed by atoms with E-state index in [9.17, 15) is 0 Å². The fourth-order valence-corrected chi connectivity index (χ4v) is 1.22. The van der Waals surface area contributed by atoms with Crippen molar-refractivity contribution >= 4 is 24.3 Å². The molecule has 7 heteroatoms. The summed E-state index contributed by atoms with van der Waals surface area (Å²) in [6.07, 6.45) is 0. The standard InChI is InChI=1S/C8H19N5O.ClH/c1-4-13(6(2)5-14-3)8(11)12-7(9)10;/h6H,4-5H2,1-3H3,(H5,9,10,11,12);1H. The highest BCUT2D eigenvalue weighted by molar-refractivity contribution is 5.94. The fourth-order valence-electron chi connectivity index (χ4n) is 1.22. The first-order valence-electron chi connectivity index (χ1n) is 4.48. The minimum Gasteiger partial charge on any atom is -0.383 e. The van der Waals surface area contributed by atoms with Crippen LogP contribution in [0.1, 0.15) is 13.8 Å². The average molecular weight is 238 g/mol. The zero-order valence-electron chi connectivity index (χ0n) is 9.33. The van der Waals surface area contributed by atoms with E-state index in [1.807, 2.05) is 13.8 Å². The Hall–Kier alpha value is -1.01. The van der Waals surface area contributed by atoms with Gasteiger partial charge in [-0.15, -0.1) is 12.4 Å². The number of ether oxygens (including phenoxy) is 1. The second kappa shape index (κ2) is 8.31. The maximum atomic E-state index is 7.62. The molecule has 90 valence electrons. The highest BCUT2D eigenvalue weighted by Gasteiger charge is 2.15.